The molecule has 0 radical (unpaired) electrons. The Morgan fingerprint density at radius 2 is 2.29 bits per heavy atom. The molecule has 2 rings (SSSR count). The highest BCUT2D eigenvalue weighted by atomic mass is 32.1. The molecule has 0 aromatic carbocycles. The fourth-order valence-electron chi connectivity index (χ4n) is 1.89. The van der Waals surface area contributed by atoms with E-state index in [0.717, 1.165) is 26.2 Å². The van der Waals surface area contributed by atoms with Crippen molar-refractivity contribution in [1.29, 1.82) is 0 Å². The molecule has 0 atom stereocenters. The standard InChI is InChI=1S/C12H19N3OS/c1-10-2-7-17-11(10)8-14-12(16)9-15-5-3-13-4-6-15/h2,7,13H,3-6,8-9H2,1H3,(H,14,16). The molecule has 0 aliphatic carbocycles. The van der Waals surface area contributed by atoms with Gasteiger partial charge in [-0.15, -0.1) is 11.3 Å². The number of piperazine rings is 1. The van der Waals surface area contributed by atoms with E-state index in [1.807, 2.05) is 0 Å². The van der Waals surface area contributed by atoms with Crippen LogP contribution in [0.4, 0.5) is 0 Å². The molecular weight excluding hydrogens is 234 g/mol. The van der Waals surface area contributed by atoms with Gasteiger partial charge in [-0.2, -0.15) is 0 Å². The van der Waals surface area contributed by atoms with Crippen LogP contribution in [0.1, 0.15) is 10.4 Å². The van der Waals surface area contributed by atoms with Gasteiger partial charge in [0.2, 0.25) is 5.91 Å². The van der Waals surface area contributed by atoms with Crippen molar-refractivity contribution >= 4 is 17.2 Å². The summed E-state index contributed by atoms with van der Waals surface area (Å²) in [6, 6.07) is 2.09. The van der Waals surface area contributed by atoms with Gasteiger partial charge in [-0.05, 0) is 23.9 Å². The lowest BCUT2D eigenvalue weighted by Crippen LogP contribution is -2.47. The molecule has 94 valence electrons. The molecule has 2 heterocycles. The molecule has 4 nitrogen and oxygen atoms in total. The van der Waals surface area contributed by atoms with E-state index >= 15 is 0 Å². The predicted molar refractivity (Wildman–Crippen MR) is 70.2 cm³/mol. The molecule has 0 unspecified atom stereocenters. The maximum atomic E-state index is 11.7. The van der Waals surface area contributed by atoms with Crippen LogP contribution in [0.5, 0.6) is 0 Å². The first kappa shape index (κ1) is 12.5. The Labute approximate surface area is 106 Å². The number of nitrogens with zero attached hydrogens (tertiary/aromatic N) is 1. The Hall–Kier alpha value is -0.910. The van der Waals surface area contributed by atoms with Gasteiger partial charge < -0.3 is 10.6 Å². The van der Waals surface area contributed by atoms with Crippen molar-refractivity contribution in [3.8, 4) is 0 Å². The van der Waals surface area contributed by atoms with Crippen LogP contribution < -0.4 is 10.6 Å². The Morgan fingerprint density at radius 3 is 2.94 bits per heavy atom. The van der Waals surface area contributed by atoms with E-state index in [4.69, 9.17) is 0 Å². The van der Waals surface area contributed by atoms with Crippen molar-refractivity contribution in [3.63, 3.8) is 0 Å². The minimum Gasteiger partial charge on any atom is -0.350 e. The second-order valence-electron chi connectivity index (χ2n) is 4.33. The zero-order valence-corrected chi connectivity index (χ0v) is 11.0. The van der Waals surface area contributed by atoms with E-state index in [2.05, 4.69) is 33.9 Å². The lowest BCUT2D eigenvalue weighted by Gasteiger charge is -2.26. The molecular formula is C12H19N3OS. The summed E-state index contributed by atoms with van der Waals surface area (Å²) in [4.78, 5) is 15.2. The molecule has 2 N–H and O–H groups in total. The number of aryl methyl sites for hydroxylation is 1. The third-order valence-electron chi connectivity index (χ3n) is 2.99. The number of carbonyl (C=O) groups is 1. The summed E-state index contributed by atoms with van der Waals surface area (Å²) in [5.74, 6) is 0.125. The van der Waals surface area contributed by atoms with E-state index in [0.29, 0.717) is 13.1 Å². The third kappa shape index (κ3) is 3.80. The first-order chi connectivity index (χ1) is 8.25. The number of nitrogens with one attached hydrogen (secondary N) is 2. The van der Waals surface area contributed by atoms with E-state index < -0.39 is 0 Å². The average Bonchev–Trinajstić information content (AvgIpc) is 2.74. The van der Waals surface area contributed by atoms with E-state index in [1.54, 1.807) is 11.3 Å². The van der Waals surface area contributed by atoms with Crippen LogP contribution in [0.2, 0.25) is 0 Å². The third-order valence-corrected chi connectivity index (χ3v) is 4.01. The van der Waals surface area contributed by atoms with Crippen molar-refractivity contribution in [3.05, 3.63) is 21.9 Å². The SMILES string of the molecule is Cc1ccsc1CNC(=O)CN1CCNCC1. The van der Waals surface area contributed by atoms with Crippen molar-refractivity contribution in [2.75, 3.05) is 32.7 Å². The van der Waals surface area contributed by atoms with E-state index in [9.17, 15) is 4.79 Å². The van der Waals surface area contributed by atoms with E-state index in [-0.39, 0.29) is 5.91 Å². The van der Waals surface area contributed by atoms with Crippen molar-refractivity contribution in [1.82, 2.24) is 15.5 Å². The summed E-state index contributed by atoms with van der Waals surface area (Å²) in [7, 11) is 0. The Morgan fingerprint density at radius 1 is 1.53 bits per heavy atom. The molecule has 1 amide bonds. The Kier molecular flexibility index (Phi) is 4.53. The minimum atomic E-state index is 0.125. The van der Waals surface area contributed by atoms with Crippen molar-refractivity contribution in [2.24, 2.45) is 0 Å². The monoisotopic (exact) mass is 253 g/mol. The van der Waals surface area contributed by atoms with Crippen LogP contribution in [-0.4, -0.2) is 43.5 Å². The number of thiophene rings is 1. The molecule has 1 fully saturated rings. The summed E-state index contributed by atoms with van der Waals surface area (Å²) < 4.78 is 0. The second kappa shape index (κ2) is 6.14. The normalized spacial score (nSPS) is 17.0. The van der Waals surface area contributed by atoms with Crippen LogP contribution in [0.3, 0.4) is 0 Å². The molecule has 1 aromatic rings. The van der Waals surface area contributed by atoms with Crippen molar-refractivity contribution < 1.29 is 4.79 Å². The summed E-state index contributed by atoms with van der Waals surface area (Å²) >= 11 is 1.70. The summed E-state index contributed by atoms with van der Waals surface area (Å²) in [6.45, 7) is 7.15. The topological polar surface area (TPSA) is 44.4 Å². The lowest BCUT2D eigenvalue weighted by atomic mass is 10.3. The van der Waals surface area contributed by atoms with Gasteiger partial charge in [0.05, 0.1) is 13.1 Å². The molecule has 1 aromatic heterocycles. The highest BCUT2D eigenvalue weighted by Crippen LogP contribution is 2.14. The molecule has 1 aliphatic heterocycles. The maximum absolute atomic E-state index is 11.7. The number of amides is 1. The fourth-order valence-corrected chi connectivity index (χ4v) is 2.74. The van der Waals surface area contributed by atoms with Gasteiger partial charge in [0.15, 0.2) is 0 Å². The molecule has 0 bridgehead atoms. The predicted octanol–water partition coefficient (Wildman–Crippen LogP) is 0.578. The summed E-state index contributed by atoms with van der Waals surface area (Å²) in [5.41, 5.74) is 1.26. The van der Waals surface area contributed by atoms with Crippen molar-refractivity contribution in [2.45, 2.75) is 13.5 Å². The fraction of sp³-hybridized carbons (Fsp3) is 0.583. The van der Waals surface area contributed by atoms with Gasteiger partial charge in [0, 0.05) is 31.1 Å². The van der Waals surface area contributed by atoms with E-state index in [1.165, 1.54) is 10.4 Å². The first-order valence-electron chi connectivity index (χ1n) is 5.98. The Balaban J connectivity index is 1.72. The molecule has 0 saturated carbocycles. The molecule has 1 saturated heterocycles. The van der Waals surface area contributed by atoms with Gasteiger partial charge in [-0.3, -0.25) is 9.69 Å². The lowest BCUT2D eigenvalue weighted by molar-refractivity contribution is -0.122. The minimum absolute atomic E-state index is 0.125. The second-order valence-corrected chi connectivity index (χ2v) is 5.33. The summed E-state index contributed by atoms with van der Waals surface area (Å²) in [5, 5.41) is 8.32. The number of carbonyl (C=O) groups excluding carboxylic acids is 1. The van der Waals surface area contributed by atoms with Gasteiger partial charge in [0.25, 0.3) is 0 Å². The van der Waals surface area contributed by atoms with Gasteiger partial charge in [0.1, 0.15) is 0 Å². The zero-order valence-electron chi connectivity index (χ0n) is 10.2. The number of hydrogen-bond donors (Lipinski definition) is 2. The summed E-state index contributed by atoms with van der Waals surface area (Å²) in [6.07, 6.45) is 0. The molecule has 0 spiro atoms. The van der Waals surface area contributed by atoms with Gasteiger partial charge in [-0.1, -0.05) is 0 Å². The smallest absolute Gasteiger partial charge is 0.234 e. The molecule has 17 heavy (non-hydrogen) atoms. The van der Waals surface area contributed by atoms with Crippen LogP contribution >= 0.6 is 11.3 Å². The van der Waals surface area contributed by atoms with Crippen LogP contribution in [-0.2, 0) is 11.3 Å². The molecule has 5 heteroatoms. The first-order valence-corrected chi connectivity index (χ1v) is 6.86. The number of rotatable bonds is 4. The average molecular weight is 253 g/mol. The zero-order chi connectivity index (χ0) is 12.1. The quantitative estimate of drug-likeness (QED) is 0.825. The Bertz CT molecular complexity index is 372. The number of hydrogen-bond acceptors (Lipinski definition) is 4. The highest BCUT2D eigenvalue weighted by Gasteiger charge is 2.13. The highest BCUT2D eigenvalue weighted by molar-refractivity contribution is 7.10. The van der Waals surface area contributed by atoms with Gasteiger partial charge in [-0.25, -0.2) is 0 Å². The van der Waals surface area contributed by atoms with Crippen LogP contribution in [0.15, 0.2) is 11.4 Å². The van der Waals surface area contributed by atoms with Gasteiger partial charge >= 0.3 is 0 Å². The van der Waals surface area contributed by atoms with Crippen LogP contribution in [0.25, 0.3) is 0 Å². The van der Waals surface area contributed by atoms with Crippen LogP contribution in [0, 0.1) is 6.92 Å². The largest absolute Gasteiger partial charge is 0.350 e. The molecule has 1 aliphatic rings. The maximum Gasteiger partial charge on any atom is 0.234 e.